The minimum Gasteiger partial charge on any atom is -0.356 e. The SMILES string of the molecule is CCCCCC(=O)NCCCN(C(=O)CCC1CCCC1)c1ccccc1. The first kappa shape index (κ1) is 21.5. The molecule has 0 aromatic heterocycles. The number of carbonyl (C=O) groups excluding carboxylic acids is 2. The van der Waals surface area contributed by atoms with Gasteiger partial charge in [0.05, 0.1) is 0 Å². The lowest BCUT2D eigenvalue weighted by Gasteiger charge is -2.24. The van der Waals surface area contributed by atoms with E-state index in [1.54, 1.807) is 0 Å². The summed E-state index contributed by atoms with van der Waals surface area (Å²) in [4.78, 5) is 26.6. The summed E-state index contributed by atoms with van der Waals surface area (Å²) in [6.45, 7) is 3.42. The minimum atomic E-state index is 0.127. The van der Waals surface area contributed by atoms with Crippen molar-refractivity contribution in [1.82, 2.24) is 5.32 Å². The average molecular weight is 373 g/mol. The van der Waals surface area contributed by atoms with Crippen molar-refractivity contribution in [1.29, 1.82) is 0 Å². The molecule has 0 atom stereocenters. The van der Waals surface area contributed by atoms with Gasteiger partial charge in [0, 0.05) is 31.6 Å². The second-order valence-electron chi connectivity index (χ2n) is 7.73. The Kier molecular flexibility index (Phi) is 9.96. The summed E-state index contributed by atoms with van der Waals surface area (Å²) in [7, 11) is 0. The zero-order valence-corrected chi connectivity index (χ0v) is 16.9. The Balaban J connectivity index is 1.78. The molecule has 0 heterocycles. The molecule has 4 nitrogen and oxygen atoms in total. The monoisotopic (exact) mass is 372 g/mol. The third-order valence-electron chi connectivity index (χ3n) is 5.50. The molecule has 0 spiro atoms. The summed E-state index contributed by atoms with van der Waals surface area (Å²) >= 11 is 0. The van der Waals surface area contributed by atoms with Gasteiger partial charge < -0.3 is 10.2 Å². The lowest BCUT2D eigenvalue weighted by atomic mass is 10.0. The molecule has 2 amide bonds. The van der Waals surface area contributed by atoms with Gasteiger partial charge in [-0.2, -0.15) is 0 Å². The van der Waals surface area contributed by atoms with Crippen molar-refractivity contribution in [3.8, 4) is 0 Å². The van der Waals surface area contributed by atoms with E-state index in [0.29, 0.717) is 25.9 Å². The number of nitrogens with one attached hydrogen (secondary N) is 1. The summed E-state index contributed by atoms with van der Waals surface area (Å²) in [5, 5.41) is 2.99. The van der Waals surface area contributed by atoms with Crippen molar-refractivity contribution in [2.75, 3.05) is 18.0 Å². The highest BCUT2D eigenvalue weighted by Gasteiger charge is 2.20. The highest BCUT2D eigenvalue weighted by Crippen LogP contribution is 2.29. The number of benzene rings is 1. The molecule has 4 heteroatoms. The first-order chi connectivity index (χ1) is 13.2. The summed E-state index contributed by atoms with van der Waals surface area (Å²) in [6.07, 6.45) is 11.4. The van der Waals surface area contributed by atoms with E-state index in [0.717, 1.165) is 43.7 Å². The van der Waals surface area contributed by atoms with Crippen molar-refractivity contribution in [2.45, 2.75) is 77.6 Å². The third kappa shape index (κ3) is 8.15. The molecule has 0 aliphatic heterocycles. The number of rotatable bonds is 12. The fourth-order valence-corrected chi connectivity index (χ4v) is 3.86. The van der Waals surface area contributed by atoms with Crippen molar-refractivity contribution in [3.05, 3.63) is 30.3 Å². The van der Waals surface area contributed by atoms with Crippen LogP contribution in [0.25, 0.3) is 0 Å². The van der Waals surface area contributed by atoms with Crippen LogP contribution in [-0.2, 0) is 9.59 Å². The normalized spacial score (nSPS) is 14.3. The number of carbonyl (C=O) groups is 2. The van der Waals surface area contributed by atoms with Gasteiger partial charge in [0.1, 0.15) is 0 Å². The van der Waals surface area contributed by atoms with Gasteiger partial charge in [-0.1, -0.05) is 63.6 Å². The Morgan fingerprint density at radius 3 is 2.48 bits per heavy atom. The first-order valence-electron chi connectivity index (χ1n) is 10.8. The molecular weight excluding hydrogens is 336 g/mol. The van der Waals surface area contributed by atoms with Crippen molar-refractivity contribution >= 4 is 17.5 Å². The van der Waals surface area contributed by atoms with Gasteiger partial charge in [0.2, 0.25) is 11.8 Å². The van der Waals surface area contributed by atoms with Gasteiger partial charge in [-0.05, 0) is 37.3 Å². The highest BCUT2D eigenvalue weighted by molar-refractivity contribution is 5.93. The minimum absolute atomic E-state index is 0.127. The maximum Gasteiger partial charge on any atom is 0.226 e. The fourth-order valence-electron chi connectivity index (χ4n) is 3.86. The molecule has 0 bridgehead atoms. The summed E-state index contributed by atoms with van der Waals surface area (Å²) < 4.78 is 0. The Morgan fingerprint density at radius 1 is 1.04 bits per heavy atom. The molecule has 1 aliphatic rings. The standard InChI is InChI=1S/C23H36N2O2/c1-2-3-5-15-22(26)24-18-10-19-25(21-13-6-4-7-14-21)23(27)17-16-20-11-8-9-12-20/h4,6-7,13-14,20H,2-3,5,8-12,15-19H2,1H3,(H,24,26). The Morgan fingerprint density at radius 2 is 1.78 bits per heavy atom. The molecule has 1 aliphatic carbocycles. The highest BCUT2D eigenvalue weighted by atomic mass is 16.2. The van der Waals surface area contributed by atoms with E-state index >= 15 is 0 Å². The Hall–Kier alpha value is -1.84. The van der Waals surface area contributed by atoms with E-state index in [9.17, 15) is 9.59 Å². The second-order valence-corrected chi connectivity index (χ2v) is 7.73. The summed E-state index contributed by atoms with van der Waals surface area (Å²) in [5.74, 6) is 1.07. The topological polar surface area (TPSA) is 49.4 Å². The van der Waals surface area contributed by atoms with E-state index in [1.807, 2.05) is 35.2 Å². The number of nitrogens with zero attached hydrogens (tertiary/aromatic N) is 1. The zero-order valence-electron chi connectivity index (χ0n) is 16.9. The quantitative estimate of drug-likeness (QED) is 0.520. The predicted molar refractivity (Wildman–Crippen MR) is 112 cm³/mol. The average Bonchev–Trinajstić information content (AvgIpc) is 3.21. The molecule has 150 valence electrons. The van der Waals surface area contributed by atoms with Gasteiger partial charge in [0.25, 0.3) is 0 Å². The van der Waals surface area contributed by atoms with Crippen LogP contribution in [0.3, 0.4) is 0 Å². The maximum atomic E-state index is 12.8. The molecular formula is C23H36N2O2. The molecule has 1 N–H and O–H groups in total. The number of hydrogen-bond acceptors (Lipinski definition) is 2. The van der Waals surface area contributed by atoms with Crippen LogP contribution in [0.5, 0.6) is 0 Å². The molecule has 2 rings (SSSR count). The van der Waals surface area contributed by atoms with E-state index < -0.39 is 0 Å². The molecule has 27 heavy (non-hydrogen) atoms. The van der Waals surface area contributed by atoms with Gasteiger partial charge >= 0.3 is 0 Å². The van der Waals surface area contributed by atoms with Gasteiger partial charge in [-0.25, -0.2) is 0 Å². The molecule has 0 radical (unpaired) electrons. The van der Waals surface area contributed by atoms with Crippen LogP contribution in [0.4, 0.5) is 5.69 Å². The van der Waals surface area contributed by atoms with Gasteiger partial charge in [-0.3, -0.25) is 9.59 Å². The fraction of sp³-hybridized carbons (Fsp3) is 0.652. The van der Waals surface area contributed by atoms with Gasteiger partial charge in [-0.15, -0.1) is 0 Å². The molecule has 1 fully saturated rings. The summed E-state index contributed by atoms with van der Waals surface area (Å²) in [6, 6.07) is 9.92. The second kappa shape index (κ2) is 12.5. The van der Waals surface area contributed by atoms with Gasteiger partial charge in [0.15, 0.2) is 0 Å². The van der Waals surface area contributed by atoms with Crippen molar-refractivity contribution in [3.63, 3.8) is 0 Å². The first-order valence-corrected chi connectivity index (χ1v) is 10.8. The molecule has 1 aromatic carbocycles. The number of unbranched alkanes of at least 4 members (excludes halogenated alkanes) is 2. The van der Waals surface area contributed by atoms with Crippen LogP contribution >= 0.6 is 0 Å². The van der Waals surface area contributed by atoms with E-state index in [4.69, 9.17) is 0 Å². The molecule has 1 saturated carbocycles. The maximum absolute atomic E-state index is 12.8. The largest absolute Gasteiger partial charge is 0.356 e. The number of para-hydroxylation sites is 1. The third-order valence-corrected chi connectivity index (χ3v) is 5.50. The summed E-state index contributed by atoms with van der Waals surface area (Å²) in [5.41, 5.74) is 0.961. The van der Waals surface area contributed by atoms with Crippen LogP contribution in [0.15, 0.2) is 30.3 Å². The number of anilines is 1. The predicted octanol–water partition coefficient (Wildman–Crippen LogP) is 5.08. The van der Waals surface area contributed by atoms with Crippen molar-refractivity contribution < 1.29 is 9.59 Å². The lowest BCUT2D eigenvalue weighted by Crippen LogP contribution is -2.34. The molecule has 0 unspecified atom stereocenters. The number of hydrogen-bond donors (Lipinski definition) is 1. The van der Waals surface area contributed by atoms with Crippen molar-refractivity contribution in [2.24, 2.45) is 5.92 Å². The van der Waals surface area contributed by atoms with Crippen LogP contribution in [-0.4, -0.2) is 24.9 Å². The zero-order chi connectivity index (χ0) is 19.3. The Labute approximate surface area is 164 Å². The van der Waals surface area contributed by atoms with E-state index in [2.05, 4.69) is 12.2 Å². The smallest absolute Gasteiger partial charge is 0.226 e. The lowest BCUT2D eigenvalue weighted by molar-refractivity contribution is -0.121. The van der Waals surface area contributed by atoms with Crippen LogP contribution in [0.2, 0.25) is 0 Å². The Bertz CT molecular complexity index is 553. The van der Waals surface area contributed by atoms with Crippen LogP contribution in [0, 0.1) is 5.92 Å². The van der Waals surface area contributed by atoms with Crippen LogP contribution < -0.4 is 10.2 Å². The van der Waals surface area contributed by atoms with Crippen LogP contribution in [0.1, 0.15) is 77.6 Å². The van der Waals surface area contributed by atoms with E-state index in [1.165, 1.54) is 25.7 Å². The molecule has 1 aromatic rings. The van der Waals surface area contributed by atoms with E-state index in [-0.39, 0.29) is 11.8 Å². The number of amides is 2. The molecule has 0 saturated heterocycles.